The van der Waals surface area contributed by atoms with Crippen LogP contribution in [0, 0.1) is 6.92 Å². The molecule has 5 rings (SSSR count). The van der Waals surface area contributed by atoms with Gasteiger partial charge in [-0.3, -0.25) is 14.4 Å². The highest BCUT2D eigenvalue weighted by Crippen LogP contribution is 2.28. The van der Waals surface area contributed by atoms with Crippen molar-refractivity contribution < 1.29 is 19.1 Å². The van der Waals surface area contributed by atoms with Gasteiger partial charge in [0.05, 0.1) is 18.6 Å². The molecule has 4 aromatic carbocycles. The van der Waals surface area contributed by atoms with Gasteiger partial charge in [-0.2, -0.15) is 0 Å². The maximum Gasteiger partial charge on any atom is 0.272 e. The summed E-state index contributed by atoms with van der Waals surface area (Å²) in [6, 6.07) is 31.1. The van der Waals surface area contributed by atoms with Crippen molar-refractivity contribution in [3.05, 3.63) is 131 Å². The number of aryl methyl sites for hydroxylation is 1. The number of nitrogens with zero attached hydrogens (tertiary/aromatic N) is 1. The van der Waals surface area contributed by atoms with E-state index in [0.29, 0.717) is 16.4 Å². The Labute approximate surface area is 269 Å². The van der Waals surface area contributed by atoms with Crippen LogP contribution in [0.2, 0.25) is 0 Å². The van der Waals surface area contributed by atoms with Crippen molar-refractivity contribution in [2.45, 2.75) is 11.8 Å². The molecule has 0 aliphatic heterocycles. The summed E-state index contributed by atoms with van der Waals surface area (Å²) in [7, 11) is 1.61. The zero-order valence-electron chi connectivity index (χ0n) is 24.6. The van der Waals surface area contributed by atoms with Crippen molar-refractivity contribution in [2.24, 2.45) is 0 Å². The molecule has 1 aromatic heterocycles. The van der Waals surface area contributed by atoms with Gasteiger partial charge >= 0.3 is 0 Å². The van der Waals surface area contributed by atoms with E-state index >= 15 is 0 Å². The quantitative estimate of drug-likeness (QED) is 0.104. The number of carbonyl (C=O) groups excluding carboxylic acids is 3. The maximum atomic E-state index is 13.3. The van der Waals surface area contributed by atoms with Crippen LogP contribution in [0.1, 0.15) is 21.5 Å². The Hall–Kier alpha value is -5.19. The van der Waals surface area contributed by atoms with Gasteiger partial charge in [0.15, 0.2) is 5.13 Å². The van der Waals surface area contributed by atoms with Crippen LogP contribution in [-0.2, 0) is 9.59 Å². The van der Waals surface area contributed by atoms with Crippen LogP contribution in [0.25, 0.3) is 17.3 Å². The van der Waals surface area contributed by atoms with Gasteiger partial charge in [0.25, 0.3) is 11.8 Å². The molecule has 0 unspecified atom stereocenters. The van der Waals surface area contributed by atoms with E-state index < -0.39 is 5.91 Å². The number of thioether (sulfide) groups is 1. The summed E-state index contributed by atoms with van der Waals surface area (Å²) < 4.78 is 5.28. The Morgan fingerprint density at radius 3 is 2.42 bits per heavy atom. The molecule has 0 atom stereocenters. The predicted molar refractivity (Wildman–Crippen MR) is 182 cm³/mol. The number of thiazole rings is 1. The lowest BCUT2D eigenvalue weighted by atomic mass is 10.1. The topological polar surface area (TPSA) is 109 Å². The summed E-state index contributed by atoms with van der Waals surface area (Å²) in [5, 5.41) is 10.9. The first-order valence-corrected chi connectivity index (χ1v) is 15.8. The number of aromatic nitrogens is 1. The molecule has 3 amide bonds. The van der Waals surface area contributed by atoms with Crippen molar-refractivity contribution in [1.29, 1.82) is 0 Å². The van der Waals surface area contributed by atoms with Gasteiger partial charge in [-0.15, -0.1) is 23.1 Å². The molecule has 0 bridgehead atoms. The van der Waals surface area contributed by atoms with E-state index in [2.05, 4.69) is 20.9 Å². The number of methoxy groups -OCH3 is 1. The van der Waals surface area contributed by atoms with Gasteiger partial charge < -0.3 is 20.7 Å². The van der Waals surface area contributed by atoms with Crippen molar-refractivity contribution >= 4 is 57.7 Å². The Kier molecular flexibility index (Phi) is 10.4. The Morgan fingerprint density at radius 2 is 1.67 bits per heavy atom. The molecule has 0 spiro atoms. The predicted octanol–water partition coefficient (Wildman–Crippen LogP) is 7.27. The van der Waals surface area contributed by atoms with Crippen molar-refractivity contribution in [2.75, 3.05) is 23.5 Å². The number of rotatable bonds is 11. The number of amides is 3. The summed E-state index contributed by atoms with van der Waals surface area (Å²) in [5.74, 6) is -0.0957. The molecular weight excluding hydrogens is 605 g/mol. The molecule has 8 nitrogen and oxygen atoms in total. The number of hydrogen-bond donors (Lipinski definition) is 3. The molecule has 0 aliphatic rings. The summed E-state index contributed by atoms with van der Waals surface area (Å²) in [6.07, 6.45) is 1.65. The second kappa shape index (κ2) is 15.0. The zero-order valence-corrected chi connectivity index (χ0v) is 26.2. The lowest BCUT2D eigenvalue weighted by Gasteiger charge is -2.12. The smallest absolute Gasteiger partial charge is 0.272 e. The third kappa shape index (κ3) is 8.91. The van der Waals surface area contributed by atoms with E-state index in [0.717, 1.165) is 33.0 Å². The summed E-state index contributed by atoms with van der Waals surface area (Å²) in [6.45, 7) is 1.96. The number of benzene rings is 4. The van der Waals surface area contributed by atoms with Crippen LogP contribution in [-0.4, -0.2) is 35.6 Å². The second-order valence-corrected chi connectivity index (χ2v) is 11.8. The standard InChI is InChI=1S/C35H30N4O4S2/c1-23-8-6-9-24(18-23)19-30(37-33(41)25-10-4-3-5-11-25)34(42)36-27-14-16-29(17-15-27)44-22-32(40)39-35-38-31(21-45-35)26-12-7-13-28(20-26)43-2/h3-21H,22H2,1-2H3,(H,36,42)(H,37,41)(H,38,39,40)/b30-19-. The van der Waals surface area contributed by atoms with Gasteiger partial charge in [0.1, 0.15) is 11.4 Å². The number of anilines is 2. The van der Waals surface area contributed by atoms with Crippen LogP contribution in [0.5, 0.6) is 5.75 Å². The third-order valence-corrected chi connectivity index (χ3v) is 8.25. The fraction of sp³-hybridized carbons (Fsp3) is 0.0857. The SMILES string of the molecule is COc1cccc(-c2csc(NC(=O)CSc3ccc(NC(=O)/C(=C/c4cccc(C)c4)NC(=O)c4ccccc4)cc3)n2)c1. The number of hydrogen-bond acceptors (Lipinski definition) is 7. The summed E-state index contributed by atoms with van der Waals surface area (Å²) in [4.78, 5) is 44.1. The number of ether oxygens (including phenoxy) is 1. The zero-order chi connectivity index (χ0) is 31.6. The highest BCUT2D eigenvalue weighted by Gasteiger charge is 2.16. The van der Waals surface area contributed by atoms with Crippen LogP contribution in [0.3, 0.4) is 0 Å². The largest absolute Gasteiger partial charge is 0.497 e. The van der Waals surface area contributed by atoms with Gasteiger partial charge in [-0.05, 0) is 67.1 Å². The van der Waals surface area contributed by atoms with Crippen LogP contribution in [0.4, 0.5) is 10.8 Å². The fourth-order valence-corrected chi connectivity index (χ4v) is 5.69. The monoisotopic (exact) mass is 634 g/mol. The minimum atomic E-state index is -0.461. The number of carbonyl (C=O) groups is 3. The molecule has 1 heterocycles. The van der Waals surface area contributed by atoms with E-state index in [1.54, 1.807) is 49.6 Å². The maximum absolute atomic E-state index is 13.3. The van der Waals surface area contributed by atoms with Crippen LogP contribution < -0.4 is 20.7 Å². The average molecular weight is 635 g/mol. The normalized spacial score (nSPS) is 11.0. The van der Waals surface area contributed by atoms with Gasteiger partial charge in [-0.1, -0.05) is 60.2 Å². The fourth-order valence-electron chi connectivity index (χ4n) is 4.25. The lowest BCUT2D eigenvalue weighted by molar-refractivity contribution is -0.114. The van der Waals surface area contributed by atoms with Gasteiger partial charge in [-0.25, -0.2) is 4.98 Å². The number of nitrogens with one attached hydrogen (secondary N) is 3. The highest BCUT2D eigenvalue weighted by molar-refractivity contribution is 8.00. The molecule has 45 heavy (non-hydrogen) atoms. The first kappa shape index (κ1) is 31.2. The second-order valence-electron chi connectivity index (χ2n) is 9.88. The van der Waals surface area contributed by atoms with E-state index in [1.165, 1.54) is 23.1 Å². The van der Waals surface area contributed by atoms with Crippen molar-refractivity contribution in [1.82, 2.24) is 10.3 Å². The molecule has 10 heteroatoms. The van der Waals surface area contributed by atoms with E-state index in [1.807, 2.05) is 79.0 Å². The van der Waals surface area contributed by atoms with E-state index in [4.69, 9.17) is 4.74 Å². The summed E-state index contributed by atoms with van der Waals surface area (Å²) in [5.41, 5.74) is 4.59. The average Bonchev–Trinajstić information content (AvgIpc) is 3.53. The van der Waals surface area contributed by atoms with Crippen LogP contribution in [0.15, 0.2) is 119 Å². The molecular formula is C35H30N4O4S2. The molecule has 0 saturated carbocycles. The lowest BCUT2D eigenvalue weighted by Crippen LogP contribution is -2.30. The van der Waals surface area contributed by atoms with E-state index in [9.17, 15) is 14.4 Å². The minimum absolute atomic E-state index is 0.112. The highest BCUT2D eigenvalue weighted by atomic mass is 32.2. The first-order chi connectivity index (χ1) is 21.9. The molecule has 0 fully saturated rings. The Bertz CT molecular complexity index is 1840. The third-order valence-electron chi connectivity index (χ3n) is 6.48. The molecule has 0 radical (unpaired) electrons. The molecule has 3 N–H and O–H groups in total. The summed E-state index contributed by atoms with van der Waals surface area (Å²) >= 11 is 2.72. The van der Waals surface area contributed by atoms with Gasteiger partial charge in [0, 0.05) is 27.1 Å². The Morgan fingerprint density at radius 1 is 0.889 bits per heavy atom. The van der Waals surface area contributed by atoms with E-state index in [-0.39, 0.29) is 23.3 Å². The molecule has 226 valence electrons. The van der Waals surface area contributed by atoms with Crippen LogP contribution >= 0.6 is 23.1 Å². The molecule has 5 aromatic rings. The molecule has 0 saturated heterocycles. The van der Waals surface area contributed by atoms with Crippen molar-refractivity contribution in [3.63, 3.8) is 0 Å². The van der Waals surface area contributed by atoms with Crippen molar-refractivity contribution in [3.8, 4) is 17.0 Å². The molecule has 0 aliphatic carbocycles. The first-order valence-electron chi connectivity index (χ1n) is 13.9. The van der Waals surface area contributed by atoms with Gasteiger partial charge in [0.2, 0.25) is 5.91 Å². The Balaban J connectivity index is 1.18. The minimum Gasteiger partial charge on any atom is -0.497 e.